The lowest BCUT2D eigenvalue weighted by Gasteiger charge is -2.08. The van der Waals surface area contributed by atoms with E-state index in [0.717, 1.165) is 4.70 Å². The van der Waals surface area contributed by atoms with E-state index in [1.54, 1.807) is 23.8 Å². The zero-order chi connectivity index (χ0) is 21.1. The van der Waals surface area contributed by atoms with Gasteiger partial charge in [-0.25, -0.2) is 0 Å². The summed E-state index contributed by atoms with van der Waals surface area (Å²) in [5.74, 6) is 3.11. The van der Waals surface area contributed by atoms with Crippen LogP contribution in [0, 0.1) is 29.4 Å². The summed E-state index contributed by atoms with van der Waals surface area (Å²) in [7, 11) is 3.08. The van der Waals surface area contributed by atoms with Crippen LogP contribution >= 0.6 is 11.3 Å². The van der Waals surface area contributed by atoms with Gasteiger partial charge in [0.1, 0.15) is 21.7 Å². The fraction of sp³-hybridized carbons (Fsp3) is 0.200. The van der Waals surface area contributed by atoms with Crippen molar-refractivity contribution in [2.45, 2.75) is 13.5 Å². The van der Waals surface area contributed by atoms with Crippen molar-refractivity contribution in [2.75, 3.05) is 14.2 Å². The molecule has 0 radical (unpaired) electrons. The summed E-state index contributed by atoms with van der Waals surface area (Å²) >= 11 is 1.22. The summed E-state index contributed by atoms with van der Waals surface area (Å²) in [4.78, 5) is 28.0. The lowest BCUT2D eigenvalue weighted by molar-refractivity contribution is -0.385. The number of carbonyl (C=O) groups excluding carboxylic acids is 1. The lowest BCUT2D eigenvalue weighted by Crippen LogP contribution is -2.17. The number of benzene rings is 2. The number of terminal acetylenes is 1. The number of hydrogen-bond donors (Lipinski definition) is 0. The second-order valence-corrected chi connectivity index (χ2v) is 6.92. The summed E-state index contributed by atoms with van der Waals surface area (Å²) in [6.45, 7) is 1.68. The number of thiazole rings is 1. The Kier molecular flexibility index (Phi) is 5.66. The summed E-state index contributed by atoms with van der Waals surface area (Å²) in [6, 6.07) is 7.82. The highest BCUT2D eigenvalue weighted by atomic mass is 32.1. The maximum Gasteiger partial charge on any atom is 0.280 e. The number of methoxy groups -OCH3 is 2. The molecule has 0 aliphatic carbocycles. The molecule has 1 heterocycles. The first kappa shape index (κ1) is 20.1. The molecule has 3 rings (SSSR count). The normalized spacial score (nSPS) is 11.3. The lowest BCUT2D eigenvalue weighted by atomic mass is 10.1. The van der Waals surface area contributed by atoms with E-state index >= 15 is 0 Å². The molecule has 0 fully saturated rings. The van der Waals surface area contributed by atoms with Crippen molar-refractivity contribution in [3.63, 3.8) is 0 Å². The van der Waals surface area contributed by atoms with E-state index in [2.05, 4.69) is 10.9 Å². The molecule has 0 saturated carbocycles. The van der Waals surface area contributed by atoms with E-state index < -0.39 is 10.8 Å². The number of amides is 1. The smallest absolute Gasteiger partial charge is 0.280 e. The van der Waals surface area contributed by atoms with E-state index in [1.165, 1.54) is 43.6 Å². The number of nitrogens with zero attached hydrogens (tertiary/aromatic N) is 3. The van der Waals surface area contributed by atoms with Crippen LogP contribution in [0.15, 0.2) is 35.3 Å². The van der Waals surface area contributed by atoms with Crippen LogP contribution in [0.25, 0.3) is 10.2 Å². The number of nitro groups is 1. The second-order valence-electron chi connectivity index (χ2n) is 5.95. The van der Waals surface area contributed by atoms with Gasteiger partial charge >= 0.3 is 0 Å². The quantitative estimate of drug-likeness (QED) is 0.365. The SMILES string of the molecule is C#CCn1c(=NC(=O)c2cccc([N+](=O)[O-])c2C)sc2c(OC)ccc(OC)c21. The molecule has 9 heteroatoms. The Morgan fingerprint density at radius 3 is 2.59 bits per heavy atom. The predicted octanol–water partition coefficient (Wildman–Crippen LogP) is 3.31. The van der Waals surface area contributed by atoms with Crippen molar-refractivity contribution >= 4 is 33.1 Å². The third-order valence-electron chi connectivity index (χ3n) is 4.37. The maximum atomic E-state index is 12.8. The fourth-order valence-corrected chi connectivity index (χ4v) is 4.11. The average Bonchev–Trinajstić information content (AvgIpc) is 3.05. The van der Waals surface area contributed by atoms with Gasteiger partial charge in [0.25, 0.3) is 11.6 Å². The molecule has 2 aromatic carbocycles. The summed E-state index contributed by atoms with van der Waals surface area (Å²) < 4.78 is 13.3. The molecular formula is C20H17N3O5S. The van der Waals surface area contributed by atoms with Gasteiger partial charge < -0.3 is 14.0 Å². The highest BCUT2D eigenvalue weighted by Crippen LogP contribution is 2.35. The molecule has 148 valence electrons. The van der Waals surface area contributed by atoms with Gasteiger partial charge in [-0.1, -0.05) is 23.3 Å². The molecule has 0 saturated heterocycles. The summed E-state index contributed by atoms with van der Waals surface area (Å²) in [5.41, 5.74) is 0.938. The summed E-state index contributed by atoms with van der Waals surface area (Å²) in [5, 5.41) is 11.2. The largest absolute Gasteiger partial charge is 0.495 e. The third kappa shape index (κ3) is 3.58. The molecule has 29 heavy (non-hydrogen) atoms. The highest BCUT2D eigenvalue weighted by molar-refractivity contribution is 7.16. The fourth-order valence-electron chi connectivity index (χ4n) is 2.98. The van der Waals surface area contributed by atoms with Crippen molar-refractivity contribution in [1.82, 2.24) is 4.57 Å². The van der Waals surface area contributed by atoms with Gasteiger partial charge in [-0.3, -0.25) is 14.9 Å². The molecule has 0 bridgehead atoms. The maximum absolute atomic E-state index is 12.8. The van der Waals surface area contributed by atoms with E-state index in [0.29, 0.717) is 21.8 Å². The number of ether oxygens (including phenoxy) is 2. The molecule has 0 unspecified atom stereocenters. The Morgan fingerprint density at radius 1 is 1.28 bits per heavy atom. The Morgan fingerprint density at radius 2 is 1.97 bits per heavy atom. The van der Waals surface area contributed by atoms with Crippen LogP contribution in [0.5, 0.6) is 11.5 Å². The Hall–Kier alpha value is -3.64. The minimum atomic E-state index is -0.596. The number of hydrogen-bond acceptors (Lipinski definition) is 6. The standard InChI is InChI=1S/C20H17N3O5S/c1-5-11-22-17-15(27-3)9-10-16(28-4)18(17)29-20(22)21-19(24)13-7-6-8-14(12(13)2)23(25)26/h1,6-10H,11H2,2-4H3. The van der Waals surface area contributed by atoms with E-state index in [-0.39, 0.29) is 23.4 Å². The molecule has 0 atom stereocenters. The molecule has 0 aliphatic heterocycles. The van der Waals surface area contributed by atoms with Crippen LogP contribution in [0.3, 0.4) is 0 Å². The second kappa shape index (κ2) is 8.16. The Labute approximate surface area is 170 Å². The van der Waals surface area contributed by atoms with Gasteiger partial charge in [-0.2, -0.15) is 4.99 Å². The first-order valence-electron chi connectivity index (χ1n) is 8.43. The molecule has 1 amide bonds. The third-order valence-corrected chi connectivity index (χ3v) is 5.46. The van der Waals surface area contributed by atoms with Gasteiger partial charge in [-0.05, 0) is 25.1 Å². The minimum Gasteiger partial charge on any atom is -0.495 e. The number of nitro benzene ring substituents is 1. The zero-order valence-corrected chi connectivity index (χ0v) is 16.8. The number of fused-ring (bicyclic) bond motifs is 1. The number of carbonyl (C=O) groups is 1. The van der Waals surface area contributed by atoms with Crippen molar-refractivity contribution in [1.29, 1.82) is 0 Å². The molecule has 0 spiro atoms. The first-order valence-corrected chi connectivity index (χ1v) is 9.25. The molecule has 0 N–H and O–H groups in total. The van der Waals surface area contributed by atoms with E-state index in [4.69, 9.17) is 15.9 Å². The molecule has 3 aromatic rings. The van der Waals surface area contributed by atoms with Crippen LogP contribution in [0.2, 0.25) is 0 Å². The van der Waals surface area contributed by atoms with Crippen LogP contribution in [-0.2, 0) is 6.54 Å². The van der Waals surface area contributed by atoms with Crippen molar-refractivity contribution in [3.05, 3.63) is 56.4 Å². The van der Waals surface area contributed by atoms with Crippen LogP contribution in [0.4, 0.5) is 5.69 Å². The highest BCUT2D eigenvalue weighted by Gasteiger charge is 2.19. The molecule has 8 nitrogen and oxygen atoms in total. The monoisotopic (exact) mass is 411 g/mol. The van der Waals surface area contributed by atoms with Gasteiger partial charge in [0.15, 0.2) is 4.80 Å². The van der Waals surface area contributed by atoms with Gasteiger partial charge in [0.05, 0.1) is 31.3 Å². The average molecular weight is 411 g/mol. The first-order chi connectivity index (χ1) is 13.9. The van der Waals surface area contributed by atoms with Crippen LogP contribution < -0.4 is 14.3 Å². The number of rotatable bonds is 5. The van der Waals surface area contributed by atoms with E-state index in [9.17, 15) is 14.9 Å². The minimum absolute atomic E-state index is 0.137. The van der Waals surface area contributed by atoms with Crippen molar-refractivity contribution < 1.29 is 19.2 Å². The molecule has 1 aromatic heterocycles. The van der Waals surface area contributed by atoms with Crippen LogP contribution in [0.1, 0.15) is 15.9 Å². The van der Waals surface area contributed by atoms with E-state index in [1.807, 2.05) is 0 Å². The number of aromatic nitrogens is 1. The zero-order valence-electron chi connectivity index (χ0n) is 16.0. The van der Waals surface area contributed by atoms with Crippen LogP contribution in [-0.4, -0.2) is 29.6 Å². The van der Waals surface area contributed by atoms with Gasteiger partial charge in [0.2, 0.25) is 0 Å². The van der Waals surface area contributed by atoms with Crippen molar-refractivity contribution in [3.8, 4) is 23.8 Å². The van der Waals surface area contributed by atoms with Crippen molar-refractivity contribution in [2.24, 2.45) is 4.99 Å². The predicted molar refractivity (Wildman–Crippen MR) is 109 cm³/mol. The topological polar surface area (TPSA) is 96.0 Å². The Balaban J connectivity index is 2.27. The van der Waals surface area contributed by atoms with Gasteiger partial charge in [0, 0.05) is 11.6 Å². The molecule has 0 aliphatic rings. The molecular weight excluding hydrogens is 394 g/mol. The Bertz CT molecular complexity index is 1230. The summed E-state index contributed by atoms with van der Waals surface area (Å²) in [6.07, 6.45) is 5.52. The van der Waals surface area contributed by atoms with Gasteiger partial charge in [-0.15, -0.1) is 6.42 Å².